The molecule has 1 saturated heterocycles. The molecule has 0 saturated carbocycles. The average Bonchev–Trinajstić information content (AvgIpc) is 2.85. The van der Waals surface area contributed by atoms with Gasteiger partial charge >= 0.3 is 5.97 Å². The molecule has 8 nitrogen and oxygen atoms in total. The van der Waals surface area contributed by atoms with Gasteiger partial charge in [0.1, 0.15) is 18.5 Å². The number of piperidine rings is 1. The van der Waals surface area contributed by atoms with E-state index in [9.17, 15) is 9.18 Å². The van der Waals surface area contributed by atoms with Crippen LogP contribution in [0.15, 0.2) is 48.5 Å². The highest BCUT2D eigenvalue weighted by Crippen LogP contribution is 2.27. The van der Waals surface area contributed by atoms with Crippen LogP contribution in [0.2, 0.25) is 0 Å². The summed E-state index contributed by atoms with van der Waals surface area (Å²) in [7, 11) is 1.31. The number of nitrogen functional groups attached to an aromatic ring is 1. The molecule has 1 aliphatic rings. The zero-order valence-corrected chi connectivity index (χ0v) is 20.1. The SMILES string of the molecule is COC(=O)CN(CC=Cc1cccc(C(=N)N)c1)c1ccc(OC2CCN(C(C)=N)CC2)c(F)c1. The Morgan fingerprint density at radius 2 is 1.97 bits per heavy atom. The lowest BCUT2D eigenvalue weighted by atomic mass is 10.1. The number of carbonyl (C=O) groups is 1. The van der Waals surface area contributed by atoms with Crippen molar-refractivity contribution >= 4 is 29.4 Å². The lowest BCUT2D eigenvalue weighted by Crippen LogP contribution is -2.40. The summed E-state index contributed by atoms with van der Waals surface area (Å²) in [5.41, 5.74) is 7.55. The number of amidine groups is 2. The van der Waals surface area contributed by atoms with Crippen LogP contribution < -0.4 is 15.4 Å². The molecule has 3 rings (SSSR count). The minimum Gasteiger partial charge on any atom is -0.487 e. The molecule has 0 unspecified atom stereocenters. The number of nitrogens with two attached hydrogens (primary N) is 1. The topological polar surface area (TPSA) is 116 Å². The van der Waals surface area contributed by atoms with Gasteiger partial charge in [-0.2, -0.15) is 0 Å². The van der Waals surface area contributed by atoms with Gasteiger partial charge < -0.3 is 25.0 Å². The van der Waals surface area contributed by atoms with E-state index in [0.717, 1.165) is 18.4 Å². The quantitative estimate of drug-likeness (QED) is 0.286. The third-order valence-electron chi connectivity index (χ3n) is 5.87. The smallest absolute Gasteiger partial charge is 0.325 e. The van der Waals surface area contributed by atoms with E-state index < -0.39 is 11.8 Å². The van der Waals surface area contributed by atoms with Gasteiger partial charge in [-0.05, 0) is 30.7 Å². The number of nitrogens with zero attached hydrogens (tertiary/aromatic N) is 2. The van der Waals surface area contributed by atoms with E-state index in [4.69, 9.17) is 26.0 Å². The Balaban J connectivity index is 1.69. The van der Waals surface area contributed by atoms with Gasteiger partial charge in [-0.25, -0.2) is 4.39 Å². The fraction of sp³-hybridized carbons (Fsp3) is 0.346. The third kappa shape index (κ3) is 7.30. The van der Waals surface area contributed by atoms with Crippen LogP contribution in [0.3, 0.4) is 0 Å². The first-order valence-electron chi connectivity index (χ1n) is 11.5. The van der Waals surface area contributed by atoms with E-state index in [1.165, 1.54) is 13.2 Å². The minimum atomic E-state index is -0.499. The molecule has 0 bridgehead atoms. The standard InChI is InChI=1S/C26H32FN5O3/c1-18(28)31-13-10-22(11-14-31)35-24-9-8-21(16-23(24)27)32(17-25(33)34-2)12-4-6-19-5-3-7-20(15-19)26(29)30/h3-9,15-16,22,28H,10-14,17H2,1-2H3,(H3,29,30). The Labute approximate surface area is 205 Å². The first kappa shape index (κ1) is 25.7. The number of anilines is 1. The van der Waals surface area contributed by atoms with E-state index in [-0.39, 0.29) is 24.2 Å². The second-order valence-electron chi connectivity index (χ2n) is 8.40. The molecule has 0 amide bonds. The number of esters is 1. The Hall–Kier alpha value is -3.88. The first-order chi connectivity index (χ1) is 16.8. The number of methoxy groups -OCH3 is 1. The monoisotopic (exact) mass is 481 g/mol. The molecule has 2 aromatic carbocycles. The van der Waals surface area contributed by atoms with Crippen molar-refractivity contribution < 1.29 is 18.7 Å². The first-order valence-corrected chi connectivity index (χ1v) is 11.5. The van der Waals surface area contributed by atoms with Gasteiger partial charge in [0.05, 0.1) is 12.9 Å². The van der Waals surface area contributed by atoms with Crippen LogP contribution in [0.1, 0.15) is 30.9 Å². The number of halogens is 1. The van der Waals surface area contributed by atoms with Crippen molar-refractivity contribution in [1.82, 2.24) is 4.90 Å². The predicted molar refractivity (Wildman–Crippen MR) is 136 cm³/mol. The van der Waals surface area contributed by atoms with Gasteiger partial charge in [0, 0.05) is 49.8 Å². The van der Waals surface area contributed by atoms with Crippen LogP contribution in [0, 0.1) is 16.6 Å². The van der Waals surface area contributed by atoms with E-state index in [1.54, 1.807) is 36.1 Å². The lowest BCUT2D eigenvalue weighted by Gasteiger charge is -2.33. The van der Waals surface area contributed by atoms with Gasteiger partial charge in [-0.15, -0.1) is 0 Å². The number of likely N-dealkylation sites (tertiary alicyclic amines) is 1. The van der Waals surface area contributed by atoms with Gasteiger partial charge in [0.15, 0.2) is 11.6 Å². The molecule has 4 N–H and O–H groups in total. The van der Waals surface area contributed by atoms with Gasteiger partial charge in [0.25, 0.3) is 0 Å². The van der Waals surface area contributed by atoms with E-state index in [2.05, 4.69) is 0 Å². The fourth-order valence-corrected chi connectivity index (χ4v) is 3.88. The number of carbonyl (C=O) groups excluding carboxylic acids is 1. The number of ether oxygens (including phenoxy) is 2. The highest BCUT2D eigenvalue weighted by molar-refractivity contribution is 5.95. The van der Waals surface area contributed by atoms with E-state index in [1.807, 2.05) is 29.2 Å². The molecule has 1 heterocycles. The molecule has 35 heavy (non-hydrogen) atoms. The number of hydrogen-bond acceptors (Lipinski definition) is 6. The Bertz CT molecular complexity index is 1100. The molecule has 0 spiro atoms. The zero-order chi connectivity index (χ0) is 25.4. The highest BCUT2D eigenvalue weighted by Gasteiger charge is 2.22. The molecule has 9 heteroatoms. The maximum atomic E-state index is 14.9. The molecule has 2 aromatic rings. The summed E-state index contributed by atoms with van der Waals surface area (Å²) < 4.78 is 25.6. The van der Waals surface area contributed by atoms with Crippen molar-refractivity contribution in [3.05, 3.63) is 65.5 Å². The minimum absolute atomic E-state index is 0.0132. The molecule has 0 aliphatic carbocycles. The maximum Gasteiger partial charge on any atom is 0.325 e. The van der Waals surface area contributed by atoms with Gasteiger partial charge in [0.2, 0.25) is 0 Å². The summed E-state index contributed by atoms with van der Waals surface area (Å²) >= 11 is 0. The van der Waals surface area contributed by atoms with Crippen molar-refractivity contribution in [1.29, 1.82) is 10.8 Å². The molecule has 0 aromatic heterocycles. The Morgan fingerprint density at radius 3 is 2.60 bits per heavy atom. The van der Waals surface area contributed by atoms with Crippen molar-refractivity contribution in [3.63, 3.8) is 0 Å². The second kappa shape index (κ2) is 12.0. The summed E-state index contributed by atoms with van der Waals surface area (Å²) in [6.45, 7) is 3.48. The second-order valence-corrected chi connectivity index (χ2v) is 8.40. The van der Waals surface area contributed by atoms with Crippen LogP contribution in [0.25, 0.3) is 6.08 Å². The molecule has 1 aliphatic heterocycles. The van der Waals surface area contributed by atoms with Crippen molar-refractivity contribution in [2.24, 2.45) is 5.73 Å². The number of benzene rings is 2. The van der Waals surface area contributed by atoms with Gasteiger partial charge in [-0.1, -0.05) is 30.4 Å². The van der Waals surface area contributed by atoms with Crippen molar-refractivity contribution in [3.8, 4) is 5.75 Å². The molecule has 0 atom stereocenters. The van der Waals surface area contributed by atoms with Crippen LogP contribution in [-0.2, 0) is 9.53 Å². The Kier molecular flexibility index (Phi) is 8.83. The molecular weight excluding hydrogens is 449 g/mol. The van der Waals surface area contributed by atoms with E-state index in [0.29, 0.717) is 36.7 Å². The van der Waals surface area contributed by atoms with Crippen molar-refractivity contribution in [2.45, 2.75) is 25.9 Å². The van der Waals surface area contributed by atoms with Crippen LogP contribution in [0.4, 0.5) is 10.1 Å². The number of rotatable bonds is 9. The molecule has 186 valence electrons. The lowest BCUT2D eigenvalue weighted by molar-refractivity contribution is -0.138. The summed E-state index contributed by atoms with van der Waals surface area (Å²) in [4.78, 5) is 15.7. The predicted octanol–water partition coefficient (Wildman–Crippen LogP) is 3.64. The Morgan fingerprint density at radius 1 is 1.23 bits per heavy atom. The molecule has 0 radical (unpaired) electrons. The summed E-state index contributed by atoms with van der Waals surface area (Å²) in [6, 6.07) is 11.9. The van der Waals surface area contributed by atoms with Crippen LogP contribution in [0.5, 0.6) is 5.75 Å². The zero-order valence-electron chi connectivity index (χ0n) is 20.1. The van der Waals surface area contributed by atoms with Crippen molar-refractivity contribution in [2.75, 3.05) is 38.2 Å². The summed E-state index contributed by atoms with van der Waals surface area (Å²) in [6.07, 6.45) is 5.05. The average molecular weight is 482 g/mol. The largest absolute Gasteiger partial charge is 0.487 e. The number of hydrogen-bond donors (Lipinski definition) is 3. The summed E-state index contributed by atoms with van der Waals surface area (Å²) in [5, 5.41) is 15.3. The maximum absolute atomic E-state index is 14.9. The molecule has 1 fully saturated rings. The van der Waals surface area contributed by atoms with Crippen LogP contribution >= 0.6 is 0 Å². The third-order valence-corrected chi connectivity index (χ3v) is 5.87. The van der Waals surface area contributed by atoms with Crippen LogP contribution in [-0.4, -0.2) is 61.9 Å². The fourth-order valence-electron chi connectivity index (χ4n) is 3.88. The molecular formula is C26H32FN5O3. The summed E-state index contributed by atoms with van der Waals surface area (Å²) in [5.74, 6) is -0.244. The highest BCUT2D eigenvalue weighted by atomic mass is 19.1. The van der Waals surface area contributed by atoms with Gasteiger partial charge in [-0.3, -0.25) is 15.6 Å². The normalized spacial score (nSPS) is 14.1. The van der Waals surface area contributed by atoms with E-state index >= 15 is 0 Å². The number of nitrogens with one attached hydrogen (secondary N) is 2.